The molecular weight excluding hydrogens is 264 g/mol. The number of nitrogens with zero attached hydrogens (tertiary/aromatic N) is 1. The predicted molar refractivity (Wildman–Crippen MR) is 76.4 cm³/mol. The summed E-state index contributed by atoms with van der Waals surface area (Å²) in [6, 6.07) is 3.91. The van der Waals surface area contributed by atoms with Crippen LogP contribution in [0.4, 0.5) is 0 Å². The maximum absolute atomic E-state index is 12.3. The van der Waals surface area contributed by atoms with Gasteiger partial charge in [0.05, 0.1) is 11.8 Å². The Morgan fingerprint density at radius 3 is 2.42 bits per heavy atom. The highest BCUT2D eigenvalue weighted by atomic mass is 32.2. The first-order valence-corrected chi connectivity index (χ1v) is 7.97. The van der Waals surface area contributed by atoms with Crippen molar-refractivity contribution in [3.05, 3.63) is 23.7 Å². The van der Waals surface area contributed by atoms with Crippen molar-refractivity contribution in [2.75, 3.05) is 13.6 Å². The van der Waals surface area contributed by atoms with Crippen molar-refractivity contribution in [2.24, 2.45) is 0 Å². The Bertz CT molecular complexity index is 494. The quantitative estimate of drug-likeness (QED) is 0.830. The minimum Gasteiger partial charge on any atom is -0.465 e. The van der Waals surface area contributed by atoms with Gasteiger partial charge in [-0.05, 0) is 26.0 Å². The van der Waals surface area contributed by atoms with Gasteiger partial charge in [-0.25, -0.2) is 8.42 Å². The average Bonchev–Trinajstić information content (AvgIpc) is 2.71. The molecule has 1 atom stereocenters. The minimum absolute atomic E-state index is 0.266. The first-order chi connectivity index (χ1) is 8.73. The molecule has 1 heterocycles. The van der Waals surface area contributed by atoms with Crippen LogP contribution in [0.5, 0.6) is 0 Å². The molecule has 0 aromatic carbocycles. The van der Waals surface area contributed by atoms with Crippen molar-refractivity contribution in [2.45, 2.75) is 45.5 Å². The zero-order valence-corrected chi connectivity index (χ0v) is 13.1. The molecule has 5 nitrogen and oxygen atoms in total. The molecule has 1 aromatic rings. The summed E-state index contributed by atoms with van der Waals surface area (Å²) >= 11 is 0. The van der Waals surface area contributed by atoms with E-state index in [1.54, 1.807) is 20.0 Å². The molecule has 0 aliphatic rings. The zero-order valence-electron chi connectivity index (χ0n) is 12.3. The van der Waals surface area contributed by atoms with Crippen molar-refractivity contribution in [3.8, 4) is 0 Å². The van der Waals surface area contributed by atoms with E-state index in [0.29, 0.717) is 12.3 Å². The Balaban J connectivity index is 2.65. The summed E-state index contributed by atoms with van der Waals surface area (Å²) < 4.78 is 31.3. The summed E-state index contributed by atoms with van der Waals surface area (Å²) in [4.78, 5) is 0. The molecule has 1 aromatic heterocycles. The lowest BCUT2D eigenvalue weighted by Crippen LogP contribution is -2.41. The van der Waals surface area contributed by atoms with E-state index in [2.05, 4.69) is 5.32 Å². The van der Waals surface area contributed by atoms with Gasteiger partial charge in [0.2, 0.25) is 10.0 Å². The summed E-state index contributed by atoms with van der Waals surface area (Å²) in [7, 11) is -1.73. The first-order valence-electron chi connectivity index (χ1n) is 6.47. The number of furan rings is 1. The van der Waals surface area contributed by atoms with Crippen LogP contribution < -0.4 is 5.32 Å². The fraction of sp³-hybridized carbons (Fsp3) is 0.692. The molecule has 110 valence electrons. The van der Waals surface area contributed by atoms with Gasteiger partial charge in [-0.1, -0.05) is 13.8 Å². The van der Waals surface area contributed by atoms with E-state index in [1.807, 2.05) is 26.8 Å². The molecule has 1 N–H and O–H groups in total. The second-order valence-electron chi connectivity index (χ2n) is 5.19. The number of nitrogens with one attached hydrogen (secondary N) is 1. The fourth-order valence-corrected chi connectivity index (χ4v) is 2.92. The van der Waals surface area contributed by atoms with E-state index in [0.717, 1.165) is 5.76 Å². The van der Waals surface area contributed by atoms with E-state index in [1.165, 1.54) is 4.31 Å². The predicted octanol–water partition coefficient (Wildman–Crippen LogP) is 1.74. The van der Waals surface area contributed by atoms with Crippen molar-refractivity contribution >= 4 is 10.0 Å². The average molecular weight is 288 g/mol. The topological polar surface area (TPSA) is 62.6 Å². The monoisotopic (exact) mass is 288 g/mol. The van der Waals surface area contributed by atoms with Gasteiger partial charge in [-0.2, -0.15) is 4.31 Å². The van der Waals surface area contributed by atoms with Gasteiger partial charge in [0.25, 0.3) is 0 Å². The Kier molecular flexibility index (Phi) is 5.58. The molecule has 0 spiro atoms. The largest absolute Gasteiger partial charge is 0.465 e. The Morgan fingerprint density at radius 1 is 1.32 bits per heavy atom. The third-order valence-electron chi connectivity index (χ3n) is 2.93. The summed E-state index contributed by atoms with van der Waals surface area (Å²) in [6.07, 6.45) is 0. The molecule has 0 aliphatic carbocycles. The smallest absolute Gasteiger partial charge is 0.218 e. The third kappa shape index (κ3) is 4.63. The molecule has 6 heteroatoms. The molecular formula is C13H24N2O3S. The molecule has 0 aliphatic heterocycles. The Hall–Kier alpha value is -0.850. The minimum atomic E-state index is -3.31. The van der Waals surface area contributed by atoms with E-state index >= 15 is 0 Å². The van der Waals surface area contributed by atoms with Crippen LogP contribution in [-0.2, 0) is 16.6 Å². The third-order valence-corrected chi connectivity index (χ3v) is 5.11. The van der Waals surface area contributed by atoms with Gasteiger partial charge in [-0.15, -0.1) is 0 Å². The first kappa shape index (κ1) is 16.2. The normalized spacial score (nSPS) is 14.3. The van der Waals surface area contributed by atoms with Crippen LogP contribution in [0.2, 0.25) is 0 Å². The standard InChI is InChI=1S/C13H24N2O3S/c1-10(2)14-8-12(4)19(16,17)15(5)9-13-7-6-11(3)18-13/h6-7,10,12,14H,8-9H2,1-5H3. The highest BCUT2D eigenvalue weighted by Gasteiger charge is 2.26. The molecule has 1 unspecified atom stereocenters. The number of aryl methyl sites for hydroxylation is 1. The van der Waals surface area contributed by atoms with Gasteiger partial charge in [-0.3, -0.25) is 0 Å². The molecule has 0 fully saturated rings. The Morgan fingerprint density at radius 2 is 1.95 bits per heavy atom. The van der Waals surface area contributed by atoms with Gasteiger partial charge in [0.1, 0.15) is 11.5 Å². The van der Waals surface area contributed by atoms with Gasteiger partial charge in [0, 0.05) is 19.6 Å². The van der Waals surface area contributed by atoms with Crippen LogP contribution in [0.25, 0.3) is 0 Å². The lowest BCUT2D eigenvalue weighted by atomic mass is 10.3. The van der Waals surface area contributed by atoms with Crippen molar-refractivity contribution < 1.29 is 12.8 Å². The zero-order chi connectivity index (χ0) is 14.6. The summed E-state index contributed by atoms with van der Waals surface area (Å²) in [6.45, 7) is 8.26. The van der Waals surface area contributed by atoms with Crippen LogP contribution in [0, 0.1) is 6.92 Å². The summed E-state index contributed by atoms with van der Waals surface area (Å²) in [5.74, 6) is 1.45. The number of rotatable bonds is 7. The maximum Gasteiger partial charge on any atom is 0.218 e. The van der Waals surface area contributed by atoms with Crippen LogP contribution >= 0.6 is 0 Å². The van der Waals surface area contributed by atoms with Gasteiger partial charge in [0.15, 0.2) is 0 Å². The number of sulfonamides is 1. The van der Waals surface area contributed by atoms with E-state index in [9.17, 15) is 8.42 Å². The molecule has 0 amide bonds. The molecule has 0 saturated carbocycles. The molecule has 0 bridgehead atoms. The second kappa shape index (κ2) is 6.54. The van der Waals surface area contributed by atoms with E-state index in [-0.39, 0.29) is 12.6 Å². The van der Waals surface area contributed by atoms with Crippen LogP contribution in [0.3, 0.4) is 0 Å². The van der Waals surface area contributed by atoms with Gasteiger partial charge >= 0.3 is 0 Å². The molecule has 1 rings (SSSR count). The second-order valence-corrected chi connectivity index (χ2v) is 7.64. The lowest BCUT2D eigenvalue weighted by molar-refractivity contribution is 0.392. The van der Waals surface area contributed by atoms with E-state index in [4.69, 9.17) is 4.42 Å². The summed E-state index contributed by atoms with van der Waals surface area (Å²) in [5, 5.41) is 2.68. The maximum atomic E-state index is 12.3. The number of hydrogen-bond acceptors (Lipinski definition) is 4. The van der Waals surface area contributed by atoms with Crippen LogP contribution in [0.15, 0.2) is 16.5 Å². The van der Waals surface area contributed by atoms with E-state index < -0.39 is 15.3 Å². The Labute approximate surface area is 116 Å². The van der Waals surface area contributed by atoms with Crippen molar-refractivity contribution in [1.29, 1.82) is 0 Å². The van der Waals surface area contributed by atoms with Crippen molar-refractivity contribution in [3.63, 3.8) is 0 Å². The molecule has 19 heavy (non-hydrogen) atoms. The lowest BCUT2D eigenvalue weighted by Gasteiger charge is -2.22. The summed E-state index contributed by atoms with van der Waals surface area (Å²) in [5.41, 5.74) is 0. The van der Waals surface area contributed by atoms with Crippen LogP contribution in [0.1, 0.15) is 32.3 Å². The fourth-order valence-electron chi connectivity index (χ4n) is 1.69. The van der Waals surface area contributed by atoms with Gasteiger partial charge < -0.3 is 9.73 Å². The molecule has 0 radical (unpaired) electrons. The van der Waals surface area contributed by atoms with Crippen molar-refractivity contribution in [1.82, 2.24) is 9.62 Å². The highest BCUT2D eigenvalue weighted by molar-refractivity contribution is 7.89. The SMILES string of the molecule is Cc1ccc(CN(C)S(=O)(=O)C(C)CNC(C)C)o1. The highest BCUT2D eigenvalue weighted by Crippen LogP contribution is 2.13. The number of hydrogen-bond donors (Lipinski definition) is 1. The molecule has 0 saturated heterocycles. The van der Waals surface area contributed by atoms with Crippen LogP contribution in [-0.4, -0.2) is 37.6 Å².